The average molecular weight is 387 g/mol. The number of anilines is 1. The third kappa shape index (κ3) is 3.07. The zero-order valence-corrected chi connectivity index (χ0v) is 16.3. The molecule has 7 heteroatoms. The van der Waals surface area contributed by atoms with E-state index < -0.39 is 0 Å². The second-order valence-corrected chi connectivity index (χ2v) is 7.71. The van der Waals surface area contributed by atoms with E-state index in [1.54, 1.807) is 0 Å². The van der Waals surface area contributed by atoms with Crippen LogP contribution in [0.5, 0.6) is 0 Å². The third-order valence-electron chi connectivity index (χ3n) is 5.91. The van der Waals surface area contributed by atoms with Gasteiger partial charge in [-0.15, -0.1) is 0 Å². The van der Waals surface area contributed by atoms with E-state index in [9.17, 15) is 0 Å². The summed E-state index contributed by atoms with van der Waals surface area (Å²) < 4.78 is 4.05. The number of aromatic nitrogens is 5. The van der Waals surface area contributed by atoms with Gasteiger partial charge in [0, 0.05) is 23.9 Å². The second-order valence-electron chi connectivity index (χ2n) is 7.71. The van der Waals surface area contributed by atoms with Crippen LogP contribution in [0.1, 0.15) is 43.7 Å². The highest BCUT2D eigenvalue weighted by Gasteiger charge is 2.23. The molecule has 29 heavy (non-hydrogen) atoms. The topological polar surface area (TPSA) is 100 Å². The maximum Gasteiger partial charge on any atom is 0.152 e. The molecule has 0 amide bonds. The van der Waals surface area contributed by atoms with Gasteiger partial charge in [-0.2, -0.15) is 10.2 Å². The fraction of sp³-hybridized carbons (Fsp3) is 0.318. The first-order valence-electron chi connectivity index (χ1n) is 10.2. The van der Waals surface area contributed by atoms with Crippen molar-refractivity contribution in [1.29, 1.82) is 0 Å². The first-order chi connectivity index (χ1) is 14.3. The lowest BCUT2D eigenvalue weighted by molar-refractivity contribution is 0.332. The Bertz CT molecular complexity index is 1150. The smallest absolute Gasteiger partial charge is 0.152 e. The number of hydrogen-bond acceptors (Lipinski definition) is 5. The average Bonchev–Trinajstić information content (AvgIpc) is 3.40. The van der Waals surface area contributed by atoms with Crippen LogP contribution in [-0.2, 0) is 6.54 Å². The number of nitrogens with zero attached hydrogens (tertiary/aromatic N) is 5. The predicted molar refractivity (Wildman–Crippen MR) is 114 cm³/mol. The number of hydrogen-bond donors (Lipinski definition) is 2. The van der Waals surface area contributed by atoms with Crippen LogP contribution in [0.25, 0.3) is 28.0 Å². The normalized spacial score (nSPS) is 15.2. The zero-order valence-electron chi connectivity index (χ0n) is 16.3. The first-order valence-corrected chi connectivity index (χ1v) is 10.2. The van der Waals surface area contributed by atoms with Gasteiger partial charge in [0.15, 0.2) is 5.82 Å². The summed E-state index contributed by atoms with van der Waals surface area (Å²) >= 11 is 0. The Hall–Kier alpha value is -3.19. The summed E-state index contributed by atoms with van der Waals surface area (Å²) in [5.74, 6) is 0.465. The molecule has 5 rings (SSSR count). The molecular weight excluding hydrogens is 362 g/mol. The summed E-state index contributed by atoms with van der Waals surface area (Å²) in [5, 5.41) is 9.18. The summed E-state index contributed by atoms with van der Waals surface area (Å²) in [6.07, 6.45) is 9.52. The molecule has 1 aliphatic carbocycles. The van der Waals surface area contributed by atoms with Gasteiger partial charge in [0.2, 0.25) is 0 Å². The maximum atomic E-state index is 6.32. The van der Waals surface area contributed by atoms with E-state index in [0.29, 0.717) is 18.4 Å². The minimum atomic E-state index is 0.429. The van der Waals surface area contributed by atoms with Crippen molar-refractivity contribution in [3.8, 4) is 22.5 Å². The Morgan fingerprint density at radius 2 is 1.86 bits per heavy atom. The highest BCUT2D eigenvalue weighted by Crippen LogP contribution is 2.37. The largest absolute Gasteiger partial charge is 0.382 e. The van der Waals surface area contributed by atoms with Crippen LogP contribution in [0.4, 0.5) is 5.82 Å². The first kappa shape index (κ1) is 17.9. The van der Waals surface area contributed by atoms with Gasteiger partial charge in [0.25, 0.3) is 0 Å². The van der Waals surface area contributed by atoms with E-state index in [4.69, 9.17) is 11.5 Å². The molecule has 3 aromatic heterocycles. The molecule has 1 aromatic carbocycles. The lowest BCUT2D eigenvalue weighted by Gasteiger charge is -2.23. The standard InChI is InChI=1S/C22H25N7/c23-13-15-5-4-6-16(11-15)20-12-18(21-22(24)25-14-27-29(20)21)19-9-10-26-28(19)17-7-2-1-3-8-17/h4-6,9-12,14,17H,1-3,7-8,13,23H2,(H2,24,25,27). The van der Waals surface area contributed by atoms with Crippen LogP contribution in [0.3, 0.4) is 0 Å². The Labute approximate surface area is 169 Å². The molecule has 3 heterocycles. The number of benzene rings is 1. The number of fused-ring (bicyclic) bond motifs is 1. The molecule has 7 nitrogen and oxygen atoms in total. The lowest BCUT2D eigenvalue weighted by Crippen LogP contribution is -2.15. The molecule has 1 aliphatic rings. The molecule has 0 atom stereocenters. The Balaban J connectivity index is 1.71. The monoisotopic (exact) mass is 387 g/mol. The molecule has 4 aromatic rings. The van der Waals surface area contributed by atoms with Crippen molar-refractivity contribution < 1.29 is 0 Å². The van der Waals surface area contributed by atoms with Gasteiger partial charge in [-0.05, 0) is 36.6 Å². The van der Waals surface area contributed by atoms with Gasteiger partial charge >= 0.3 is 0 Å². The molecule has 0 radical (unpaired) electrons. The van der Waals surface area contributed by atoms with Crippen molar-refractivity contribution in [2.45, 2.75) is 44.7 Å². The zero-order chi connectivity index (χ0) is 19.8. The van der Waals surface area contributed by atoms with Crippen molar-refractivity contribution in [3.63, 3.8) is 0 Å². The molecule has 0 aliphatic heterocycles. The second kappa shape index (κ2) is 7.33. The summed E-state index contributed by atoms with van der Waals surface area (Å²) in [4.78, 5) is 4.26. The quantitative estimate of drug-likeness (QED) is 0.555. The molecule has 4 N–H and O–H groups in total. The molecule has 148 valence electrons. The van der Waals surface area contributed by atoms with E-state index in [-0.39, 0.29) is 0 Å². The summed E-state index contributed by atoms with van der Waals surface area (Å²) in [5.41, 5.74) is 18.2. The molecule has 0 bridgehead atoms. The van der Waals surface area contributed by atoms with Crippen molar-refractivity contribution in [2.75, 3.05) is 5.73 Å². The van der Waals surface area contributed by atoms with Crippen LogP contribution in [0.15, 0.2) is 48.9 Å². The maximum absolute atomic E-state index is 6.32. The number of rotatable bonds is 4. The van der Waals surface area contributed by atoms with Gasteiger partial charge < -0.3 is 11.5 Å². The van der Waals surface area contributed by atoms with E-state index in [1.807, 2.05) is 22.8 Å². The minimum absolute atomic E-state index is 0.429. The summed E-state index contributed by atoms with van der Waals surface area (Å²) in [7, 11) is 0. The van der Waals surface area contributed by atoms with Gasteiger partial charge in [0.1, 0.15) is 11.8 Å². The molecular formula is C22H25N7. The molecule has 0 spiro atoms. The molecule has 0 unspecified atom stereocenters. The van der Waals surface area contributed by atoms with Crippen molar-refractivity contribution in [1.82, 2.24) is 24.4 Å². The Morgan fingerprint density at radius 3 is 2.69 bits per heavy atom. The van der Waals surface area contributed by atoms with Gasteiger partial charge in [-0.1, -0.05) is 37.5 Å². The minimum Gasteiger partial charge on any atom is -0.382 e. The lowest BCUT2D eigenvalue weighted by atomic mass is 9.95. The van der Waals surface area contributed by atoms with Crippen LogP contribution in [0.2, 0.25) is 0 Å². The van der Waals surface area contributed by atoms with Crippen molar-refractivity contribution >= 4 is 11.3 Å². The molecule has 0 saturated heterocycles. The van der Waals surface area contributed by atoms with E-state index in [2.05, 4.69) is 44.1 Å². The summed E-state index contributed by atoms with van der Waals surface area (Å²) in [6, 6.07) is 12.9. The van der Waals surface area contributed by atoms with Gasteiger partial charge in [0.05, 0.1) is 17.4 Å². The SMILES string of the molecule is NCc1cccc(-c2cc(-c3ccnn3C3CCCCC3)c3c(N)ncnn23)c1. The van der Waals surface area contributed by atoms with Gasteiger partial charge in [-0.3, -0.25) is 4.68 Å². The van der Waals surface area contributed by atoms with E-state index >= 15 is 0 Å². The molecule has 1 saturated carbocycles. The number of nitrogens with two attached hydrogens (primary N) is 2. The van der Waals surface area contributed by atoms with Crippen LogP contribution < -0.4 is 11.5 Å². The Kier molecular flexibility index (Phi) is 4.52. The van der Waals surface area contributed by atoms with E-state index in [1.165, 1.54) is 25.6 Å². The van der Waals surface area contributed by atoms with Crippen molar-refractivity contribution in [2.24, 2.45) is 5.73 Å². The fourth-order valence-electron chi connectivity index (χ4n) is 4.47. The third-order valence-corrected chi connectivity index (χ3v) is 5.91. The fourth-order valence-corrected chi connectivity index (χ4v) is 4.47. The predicted octanol–water partition coefficient (Wildman–Crippen LogP) is 3.81. The molecule has 1 fully saturated rings. The van der Waals surface area contributed by atoms with E-state index in [0.717, 1.165) is 46.4 Å². The summed E-state index contributed by atoms with van der Waals surface area (Å²) in [6.45, 7) is 0.496. The van der Waals surface area contributed by atoms with Gasteiger partial charge in [-0.25, -0.2) is 9.50 Å². The van der Waals surface area contributed by atoms with Crippen LogP contribution in [0, 0.1) is 0 Å². The number of nitrogen functional groups attached to an aromatic ring is 1. The highest BCUT2D eigenvalue weighted by molar-refractivity contribution is 5.90. The van der Waals surface area contributed by atoms with Crippen molar-refractivity contribution in [3.05, 3.63) is 54.5 Å². The Morgan fingerprint density at radius 1 is 1.00 bits per heavy atom. The highest BCUT2D eigenvalue weighted by atomic mass is 15.3. The van der Waals surface area contributed by atoms with Crippen LogP contribution >= 0.6 is 0 Å². The van der Waals surface area contributed by atoms with Crippen LogP contribution in [-0.4, -0.2) is 24.4 Å².